The minimum Gasteiger partial charge on any atom is -0.388 e. The Labute approximate surface area is 173 Å². The van der Waals surface area contributed by atoms with Crippen LogP contribution in [0.1, 0.15) is 5.56 Å². The van der Waals surface area contributed by atoms with Crippen LogP contribution in [0.3, 0.4) is 0 Å². The molecule has 7 nitrogen and oxygen atoms in total. The van der Waals surface area contributed by atoms with Crippen LogP contribution in [0.2, 0.25) is 0 Å². The maximum atomic E-state index is 4.74. The van der Waals surface area contributed by atoms with Gasteiger partial charge in [0.25, 0.3) is 0 Å². The van der Waals surface area contributed by atoms with Gasteiger partial charge in [0.2, 0.25) is 0 Å². The predicted molar refractivity (Wildman–Crippen MR) is 120 cm³/mol. The van der Waals surface area contributed by atoms with Gasteiger partial charge in [-0.05, 0) is 36.4 Å². The lowest BCUT2D eigenvalue weighted by molar-refractivity contribution is 0.577. The predicted octanol–water partition coefficient (Wildman–Crippen LogP) is 3.88. The number of rotatable bonds is 3. The van der Waals surface area contributed by atoms with Gasteiger partial charge in [-0.2, -0.15) is 10.2 Å². The Kier molecular flexibility index (Phi) is 5.18. The molecular weight excluding hydrogens is 382 g/mol. The summed E-state index contributed by atoms with van der Waals surface area (Å²) in [7, 11) is 5.55. The Morgan fingerprint density at radius 3 is 2.83 bits per heavy atom. The van der Waals surface area contributed by atoms with Crippen LogP contribution in [-0.2, 0) is 7.05 Å². The highest BCUT2D eigenvalue weighted by atomic mass is 32.2. The van der Waals surface area contributed by atoms with Crippen LogP contribution in [0, 0.1) is 0 Å². The highest BCUT2D eigenvalue weighted by molar-refractivity contribution is 8.13. The van der Waals surface area contributed by atoms with Crippen LogP contribution in [0.25, 0.3) is 10.9 Å². The van der Waals surface area contributed by atoms with E-state index in [-0.39, 0.29) is 0 Å². The lowest BCUT2D eigenvalue weighted by atomic mass is 10.2. The van der Waals surface area contributed by atoms with E-state index in [0.29, 0.717) is 0 Å². The van der Waals surface area contributed by atoms with Crippen molar-refractivity contribution in [2.24, 2.45) is 17.1 Å². The molecule has 3 aromatic rings. The number of aromatic nitrogens is 3. The van der Waals surface area contributed by atoms with Crippen LogP contribution in [0.4, 0.5) is 5.69 Å². The van der Waals surface area contributed by atoms with Crippen molar-refractivity contribution in [2.45, 2.75) is 4.90 Å². The quantitative estimate of drug-likeness (QED) is 0.408. The molecule has 0 fully saturated rings. The first kappa shape index (κ1) is 18.9. The lowest BCUT2D eigenvalue weighted by Crippen LogP contribution is -2.25. The number of hydrazone groups is 1. The van der Waals surface area contributed by atoms with Crippen molar-refractivity contribution in [3.05, 3.63) is 72.8 Å². The molecule has 0 saturated heterocycles. The Balaban J connectivity index is 1.65. The molecular formula is C21H21N7S. The van der Waals surface area contributed by atoms with Gasteiger partial charge in [0.1, 0.15) is 0 Å². The van der Waals surface area contributed by atoms with Gasteiger partial charge in [0.15, 0.2) is 5.17 Å². The first-order valence-corrected chi connectivity index (χ1v) is 9.86. The number of aryl methyl sites for hydroxylation is 1. The van der Waals surface area contributed by atoms with E-state index in [4.69, 9.17) is 5.10 Å². The summed E-state index contributed by atoms with van der Waals surface area (Å²) in [5.41, 5.74) is 4.49. The van der Waals surface area contributed by atoms with E-state index in [2.05, 4.69) is 33.0 Å². The molecule has 3 heterocycles. The van der Waals surface area contributed by atoms with Crippen molar-refractivity contribution in [3.63, 3.8) is 0 Å². The smallest absolute Gasteiger partial charge is 0.189 e. The van der Waals surface area contributed by atoms with Crippen LogP contribution < -0.4 is 5.32 Å². The Hall–Kier alpha value is -3.39. The fourth-order valence-electron chi connectivity index (χ4n) is 3.02. The summed E-state index contributed by atoms with van der Waals surface area (Å²) in [5.74, 6) is 0. The molecule has 1 aliphatic heterocycles. The molecule has 0 radical (unpaired) electrons. The molecule has 4 rings (SSSR count). The Morgan fingerprint density at radius 2 is 2.10 bits per heavy atom. The van der Waals surface area contributed by atoms with Gasteiger partial charge in [-0.1, -0.05) is 18.3 Å². The first-order chi connectivity index (χ1) is 14.1. The van der Waals surface area contributed by atoms with Gasteiger partial charge in [-0.25, -0.2) is 5.01 Å². The monoisotopic (exact) mass is 403 g/mol. The van der Waals surface area contributed by atoms with Crippen molar-refractivity contribution in [2.75, 3.05) is 19.4 Å². The average Bonchev–Trinajstić information content (AvgIpc) is 3.18. The van der Waals surface area contributed by atoms with Crippen molar-refractivity contribution in [1.82, 2.24) is 19.8 Å². The van der Waals surface area contributed by atoms with Gasteiger partial charge in [0, 0.05) is 55.1 Å². The third-order valence-corrected chi connectivity index (χ3v) is 5.51. The Bertz CT molecular complexity index is 1170. The van der Waals surface area contributed by atoms with Crippen molar-refractivity contribution in [1.29, 1.82) is 0 Å². The molecule has 29 heavy (non-hydrogen) atoms. The summed E-state index contributed by atoms with van der Waals surface area (Å²) >= 11 is 1.53. The number of anilines is 1. The number of aliphatic imine (C=N–C) groups is 1. The molecule has 0 spiro atoms. The maximum absolute atomic E-state index is 4.74. The minimum absolute atomic E-state index is 0.731. The molecule has 0 saturated carbocycles. The molecule has 0 unspecified atom stereocenters. The maximum Gasteiger partial charge on any atom is 0.189 e. The number of pyridine rings is 1. The zero-order chi connectivity index (χ0) is 20.4. The number of hydrogen-bond acceptors (Lipinski definition) is 6. The van der Waals surface area contributed by atoms with E-state index in [1.165, 1.54) is 11.8 Å². The van der Waals surface area contributed by atoms with Crippen LogP contribution in [0.5, 0.6) is 0 Å². The number of fused-ring (bicyclic) bond motifs is 1. The second-order valence-corrected chi connectivity index (χ2v) is 7.46. The molecule has 2 aromatic heterocycles. The van der Waals surface area contributed by atoms with Crippen molar-refractivity contribution >= 4 is 39.2 Å². The number of nitrogens with one attached hydrogen (secondary N) is 1. The number of thioether (sulfide) groups is 1. The fraction of sp³-hybridized carbons (Fsp3) is 0.143. The third-order valence-electron chi connectivity index (χ3n) is 4.48. The lowest BCUT2D eigenvalue weighted by Gasteiger charge is -2.24. The standard InChI is InChI=1S/C21H21N7S/c1-14-5-7-18(15-12-25-27(4)13-15)26-28(14)21(23-3)29-16-6-8-20-17(11-16)19(22-2)9-10-24-20/h5-13H,1H2,2-4H3,(H,22,24). The van der Waals surface area contributed by atoms with Gasteiger partial charge >= 0.3 is 0 Å². The summed E-state index contributed by atoms with van der Waals surface area (Å²) in [6, 6.07) is 8.13. The molecule has 1 aliphatic rings. The summed E-state index contributed by atoms with van der Waals surface area (Å²) < 4.78 is 1.76. The highest BCUT2D eigenvalue weighted by Crippen LogP contribution is 2.30. The molecule has 146 valence electrons. The second-order valence-electron chi connectivity index (χ2n) is 6.42. The fourth-order valence-corrected chi connectivity index (χ4v) is 3.88. The molecule has 1 aromatic carbocycles. The molecule has 0 aliphatic carbocycles. The number of allylic oxidation sites excluding steroid dienone is 2. The zero-order valence-electron chi connectivity index (χ0n) is 16.5. The topological polar surface area (TPSA) is 70.7 Å². The highest BCUT2D eigenvalue weighted by Gasteiger charge is 2.19. The van der Waals surface area contributed by atoms with Gasteiger partial charge < -0.3 is 5.32 Å². The normalized spacial score (nSPS) is 14.4. The number of nitrogens with zero attached hydrogens (tertiary/aromatic N) is 6. The zero-order valence-corrected chi connectivity index (χ0v) is 17.3. The molecule has 8 heteroatoms. The SMILES string of the molecule is C=C1C=CC(c2cnn(C)c2)=NN1C(=NC)Sc1ccc2nccc(NC)c2c1. The van der Waals surface area contributed by atoms with Crippen molar-refractivity contribution < 1.29 is 0 Å². The average molecular weight is 404 g/mol. The van der Waals surface area contributed by atoms with E-state index >= 15 is 0 Å². The van der Waals surface area contributed by atoms with Crippen LogP contribution in [-0.4, -0.2) is 44.7 Å². The minimum atomic E-state index is 0.731. The van der Waals surface area contributed by atoms with E-state index < -0.39 is 0 Å². The third kappa shape index (κ3) is 3.79. The summed E-state index contributed by atoms with van der Waals surface area (Å²) in [6.45, 7) is 4.11. The number of hydrogen-bond donors (Lipinski definition) is 1. The number of amidine groups is 1. The Morgan fingerprint density at radius 1 is 1.24 bits per heavy atom. The summed E-state index contributed by atoms with van der Waals surface area (Å²) in [6.07, 6.45) is 9.40. The van der Waals surface area contributed by atoms with E-state index in [1.807, 2.05) is 50.6 Å². The second kappa shape index (κ2) is 7.92. The van der Waals surface area contributed by atoms with Gasteiger partial charge in [-0.3, -0.25) is 14.7 Å². The van der Waals surface area contributed by atoms with E-state index in [0.717, 1.165) is 43.6 Å². The van der Waals surface area contributed by atoms with Gasteiger partial charge in [-0.15, -0.1) is 0 Å². The van der Waals surface area contributed by atoms with Crippen LogP contribution >= 0.6 is 11.8 Å². The summed E-state index contributed by atoms with van der Waals surface area (Å²) in [5, 5.41) is 15.7. The molecule has 0 amide bonds. The number of benzene rings is 1. The molecule has 0 bridgehead atoms. The van der Waals surface area contributed by atoms with E-state index in [9.17, 15) is 0 Å². The largest absolute Gasteiger partial charge is 0.388 e. The van der Waals surface area contributed by atoms with Crippen molar-refractivity contribution in [3.8, 4) is 0 Å². The van der Waals surface area contributed by atoms with Gasteiger partial charge in [0.05, 0.1) is 23.1 Å². The first-order valence-electron chi connectivity index (χ1n) is 9.05. The van der Waals surface area contributed by atoms with Crippen LogP contribution in [0.15, 0.2) is 82.3 Å². The molecule has 0 atom stereocenters. The van der Waals surface area contributed by atoms with E-state index in [1.54, 1.807) is 29.1 Å². The summed E-state index contributed by atoms with van der Waals surface area (Å²) in [4.78, 5) is 9.94. The molecule has 1 N–H and O–H groups in total.